The first kappa shape index (κ1) is 30.4. The highest BCUT2D eigenvalue weighted by molar-refractivity contribution is 7.92. The molecule has 0 bridgehead atoms. The van der Waals surface area contributed by atoms with Crippen molar-refractivity contribution in [1.29, 1.82) is 0 Å². The minimum absolute atomic E-state index is 0.134. The number of hydrogen-bond acceptors (Lipinski definition) is 4. The first-order chi connectivity index (χ1) is 17.6. The van der Waals surface area contributed by atoms with Crippen molar-refractivity contribution < 1.29 is 18.0 Å². The topological polar surface area (TPSA) is 86.8 Å². The molecule has 0 saturated heterocycles. The summed E-state index contributed by atoms with van der Waals surface area (Å²) in [5.74, 6) is -0.270. The van der Waals surface area contributed by atoms with Gasteiger partial charge in [0, 0.05) is 26.1 Å². The Kier molecular flexibility index (Phi) is 12.1. The molecule has 0 aliphatic heterocycles. The smallest absolute Gasteiger partial charge is 0.242 e. The molecule has 0 aliphatic rings. The van der Waals surface area contributed by atoms with Crippen molar-refractivity contribution in [3.63, 3.8) is 0 Å². The molecule has 0 heterocycles. The zero-order valence-corrected chi connectivity index (χ0v) is 23.8. The van der Waals surface area contributed by atoms with Crippen LogP contribution >= 0.6 is 0 Å². The average molecular weight is 530 g/mol. The minimum Gasteiger partial charge on any atom is -0.354 e. The number of rotatable bonds is 15. The average Bonchev–Trinajstić information content (AvgIpc) is 2.86. The third kappa shape index (κ3) is 9.50. The van der Waals surface area contributed by atoms with Crippen LogP contribution in [0, 0.1) is 13.8 Å². The molecule has 2 rings (SSSR count). The van der Waals surface area contributed by atoms with Crippen molar-refractivity contribution in [3.05, 3.63) is 65.2 Å². The summed E-state index contributed by atoms with van der Waals surface area (Å²) in [5, 5.41) is 2.97. The SMILES string of the molecule is CCCCNC(=O)[C@H](CC)N(CCc1ccccc1)C(=O)CCCN(c1cc(C)ccc1C)S(C)(=O)=O. The van der Waals surface area contributed by atoms with Gasteiger partial charge in [0.15, 0.2) is 0 Å². The molecule has 8 heteroatoms. The number of amides is 2. The van der Waals surface area contributed by atoms with E-state index in [9.17, 15) is 18.0 Å². The predicted octanol–water partition coefficient (Wildman–Crippen LogP) is 4.62. The molecule has 37 heavy (non-hydrogen) atoms. The largest absolute Gasteiger partial charge is 0.354 e. The van der Waals surface area contributed by atoms with Crippen LogP contribution in [0.15, 0.2) is 48.5 Å². The second kappa shape index (κ2) is 14.8. The number of carbonyl (C=O) groups excluding carboxylic acids is 2. The van der Waals surface area contributed by atoms with Crippen molar-refractivity contribution in [3.8, 4) is 0 Å². The third-order valence-corrected chi connectivity index (χ3v) is 7.67. The maximum atomic E-state index is 13.5. The van der Waals surface area contributed by atoms with Gasteiger partial charge in [-0.2, -0.15) is 0 Å². The first-order valence-electron chi connectivity index (χ1n) is 13.2. The monoisotopic (exact) mass is 529 g/mol. The Morgan fingerprint density at radius 3 is 2.30 bits per heavy atom. The number of unbranched alkanes of at least 4 members (excludes halogenated alkanes) is 1. The van der Waals surface area contributed by atoms with E-state index in [-0.39, 0.29) is 24.8 Å². The molecule has 2 aromatic rings. The molecule has 0 radical (unpaired) electrons. The second-order valence-corrected chi connectivity index (χ2v) is 11.5. The maximum Gasteiger partial charge on any atom is 0.242 e. The third-order valence-electron chi connectivity index (χ3n) is 6.49. The van der Waals surface area contributed by atoms with E-state index < -0.39 is 16.1 Å². The lowest BCUT2D eigenvalue weighted by Gasteiger charge is -2.31. The van der Waals surface area contributed by atoms with E-state index in [4.69, 9.17) is 0 Å². The number of sulfonamides is 1. The molecule has 7 nitrogen and oxygen atoms in total. The lowest BCUT2D eigenvalue weighted by molar-refractivity contribution is -0.140. The number of carbonyl (C=O) groups is 2. The van der Waals surface area contributed by atoms with E-state index in [1.54, 1.807) is 4.90 Å². The zero-order valence-electron chi connectivity index (χ0n) is 23.0. The Balaban J connectivity index is 2.17. The highest BCUT2D eigenvalue weighted by Crippen LogP contribution is 2.24. The fourth-order valence-electron chi connectivity index (χ4n) is 4.37. The van der Waals surface area contributed by atoms with E-state index in [0.717, 1.165) is 29.5 Å². The van der Waals surface area contributed by atoms with Gasteiger partial charge in [0.05, 0.1) is 11.9 Å². The maximum absolute atomic E-state index is 13.5. The molecular formula is C29H43N3O4S. The fourth-order valence-corrected chi connectivity index (χ4v) is 5.39. The quantitative estimate of drug-likeness (QED) is 0.341. The van der Waals surface area contributed by atoms with E-state index in [1.807, 2.05) is 69.3 Å². The number of anilines is 1. The number of nitrogens with one attached hydrogen (secondary N) is 1. The lowest BCUT2D eigenvalue weighted by Crippen LogP contribution is -2.50. The van der Waals surface area contributed by atoms with Gasteiger partial charge in [-0.15, -0.1) is 0 Å². The Bertz CT molecular complexity index is 1120. The first-order valence-corrected chi connectivity index (χ1v) is 15.1. The van der Waals surface area contributed by atoms with Gasteiger partial charge in [-0.3, -0.25) is 13.9 Å². The molecule has 0 unspecified atom stereocenters. The highest BCUT2D eigenvalue weighted by Gasteiger charge is 2.28. The summed E-state index contributed by atoms with van der Waals surface area (Å²) in [6, 6.07) is 15.1. The molecule has 2 amide bonds. The summed E-state index contributed by atoms with van der Waals surface area (Å²) in [6.07, 6.45) is 4.72. The molecule has 204 valence electrons. The molecule has 0 fully saturated rings. The van der Waals surface area contributed by atoms with Gasteiger partial charge in [-0.25, -0.2) is 8.42 Å². The zero-order chi connectivity index (χ0) is 27.4. The van der Waals surface area contributed by atoms with Crippen LogP contribution in [0.1, 0.15) is 62.6 Å². The van der Waals surface area contributed by atoms with Crippen LogP contribution in [-0.4, -0.2) is 57.1 Å². The summed E-state index contributed by atoms with van der Waals surface area (Å²) in [4.78, 5) is 28.1. The second-order valence-electron chi connectivity index (χ2n) is 9.62. The molecular weight excluding hydrogens is 486 g/mol. The number of hydrogen-bond donors (Lipinski definition) is 1. The highest BCUT2D eigenvalue weighted by atomic mass is 32.2. The summed E-state index contributed by atoms with van der Waals surface area (Å²) in [7, 11) is -3.52. The summed E-state index contributed by atoms with van der Waals surface area (Å²) >= 11 is 0. The van der Waals surface area contributed by atoms with Gasteiger partial charge >= 0.3 is 0 Å². The van der Waals surface area contributed by atoms with Gasteiger partial charge in [-0.1, -0.05) is 62.7 Å². The molecule has 0 spiro atoms. The summed E-state index contributed by atoms with van der Waals surface area (Å²) in [6.45, 7) is 9.00. The van der Waals surface area contributed by atoms with Crippen LogP contribution in [0.25, 0.3) is 0 Å². The molecule has 0 aliphatic carbocycles. The molecule has 1 N–H and O–H groups in total. The molecule has 0 aromatic heterocycles. The molecule has 0 saturated carbocycles. The van der Waals surface area contributed by atoms with Gasteiger partial charge in [0.2, 0.25) is 21.8 Å². The normalized spacial score (nSPS) is 12.1. The van der Waals surface area contributed by atoms with Crippen LogP contribution in [0.5, 0.6) is 0 Å². The van der Waals surface area contributed by atoms with Crippen LogP contribution < -0.4 is 9.62 Å². The Morgan fingerprint density at radius 1 is 0.973 bits per heavy atom. The van der Waals surface area contributed by atoms with Crippen molar-refractivity contribution in [2.75, 3.05) is 30.2 Å². The standard InChI is InChI=1S/C29H43N3O4S/c1-6-8-19-30-29(34)26(7-2)31(21-18-25-13-10-9-11-14-25)28(33)15-12-20-32(37(5,35)36)27-22-23(3)16-17-24(27)4/h9-11,13-14,16-17,22,26H,6-8,12,15,18-21H2,1-5H3,(H,30,34)/t26-/m0/s1. The van der Waals surface area contributed by atoms with Crippen LogP contribution in [0.2, 0.25) is 0 Å². The van der Waals surface area contributed by atoms with E-state index >= 15 is 0 Å². The lowest BCUT2D eigenvalue weighted by atomic mass is 10.1. The van der Waals surface area contributed by atoms with E-state index in [0.29, 0.717) is 38.0 Å². The Hall–Kier alpha value is -2.87. The van der Waals surface area contributed by atoms with Gasteiger partial charge < -0.3 is 10.2 Å². The summed E-state index contributed by atoms with van der Waals surface area (Å²) in [5.41, 5.74) is 3.57. The molecule has 2 aromatic carbocycles. The number of benzene rings is 2. The van der Waals surface area contributed by atoms with Crippen molar-refractivity contribution >= 4 is 27.5 Å². The van der Waals surface area contributed by atoms with Crippen LogP contribution in [0.4, 0.5) is 5.69 Å². The van der Waals surface area contributed by atoms with Gasteiger partial charge in [0.1, 0.15) is 6.04 Å². The fraction of sp³-hybridized carbons (Fsp3) is 0.517. The predicted molar refractivity (Wildman–Crippen MR) is 151 cm³/mol. The summed E-state index contributed by atoms with van der Waals surface area (Å²) < 4.78 is 26.6. The van der Waals surface area contributed by atoms with E-state index in [1.165, 1.54) is 10.6 Å². The van der Waals surface area contributed by atoms with Gasteiger partial charge in [0.25, 0.3) is 0 Å². The van der Waals surface area contributed by atoms with Crippen molar-refractivity contribution in [2.24, 2.45) is 0 Å². The van der Waals surface area contributed by atoms with Gasteiger partial charge in [-0.05, 0) is 62.3 Å². The number of nitrogens with zero attached hydrogens (tertiary/aromatic N) is 2. The Labute approximate surface area is 223 Å². The van der Waals surface area contributed by atoms with Crippen LogP contribution in [0.3, 0.4) is 0 Å². The van der Waals surface area contributed by atoms with E-state index in [2.05, 4.69) is 12.2 Å². The Morgan fingerprint density at radius 2 is 1.68 bits per heavy atom. The number of aryl methyl sites for hydroxylation is 2. The molecule has 1 atom stereocenters. The van der Waals surface area contributed by atoms with Crippen LogP contribution in [-0.2, 0) is 26.0 Å². The van der Waals surface area contributed by atoms with Crippen molar-refractivity contribution in [1.82, 2.24) is 10.2 Å². The van der Waals surface area contributed by atoms with Crippen molar-refractivity contribution in [2.45, 2.75) is 72.3 Å². The minimum atomic E-state index is -3.52.